The highest BCUT2D eigenvalue weighted by Crippen LogP contribution is 2.18. The van der Waals surface area contributed by atoms with E-state index < -0.39 is 11.8 Å². The van der Waals surface area contributed by atoms with E-state index in [-0.39, 0.29) is 0 Å². The van der Waals surface area contributed by atoms with Gasteiger partial charge < -0.3 is 20.3 Å². The molecule has 0 radical (unpaired) electrons. The van der Waals surface area contributed by atoms with Crippen LogP contribution in [0.25, 0.3) is 0 Å². The van der Waals surface area contributed by atoms with Gasteiger partial charge in [-0.2, -0.15) is 0 Å². The van der Waals surface area contributed by atoms with E-state index in [0.29, 0.717) is 23.7 Å². The molecule has 138 valence electrons. The van der Waals surface area contributed by atoms with Crippen LogP contribution in [0, 0.1) is 0 Å². The smallest absolute Gasteiger partial charge is 0.314 e. The third-order valence-corrected chi connectivity index (χ3v) is 3.88. The number of carbonyl (C=O) groups excluding carboxylic acids is 2. The average Bonchev–Trinajstić information content (AvgIpc) is 2.66. The Balaban J connectivity index is 1.93. The van der Waals surface area contributed by atoms with Crippen LogP contribution in [0.3, 0.4) is 0 Å². The second-order valence-corrected chi connectivity index (χ2v) is 5.58. The number of hydrogen-bond donors (Lipinski definition) is 2. The molecular formula is C20H25N3O3. The molecule has 0 aliphatic heterocycles. The van der Waals surface area contributed by atoms with Gasteiger partial charge in [-0.25, -0.2) is 0 Å². The molecule has 6 heteroatoms. The number of amides is 2. The molecule has 2 aromatic carbocycles. The molecule has 0 saturated carbocycles. The molecule has 0 heterocycles. The van der Waals surface area contributed by atoms with Gasteiger partial charge in [0.25, 0.3) is 0 Å². The van der Waals surface area contributed by atoms with Gasteiger partial charge in [0.2, 0.25) is 0 Å². The minimum atomic E-state index is -0.720. The summed E-state index contributed by atoms with van der Waals surface area (Å²) in [6.07, 6.45) is 0. The van der Waals surface area contributed by atoms with Crippen molar-refractivity contribution in [1.82, 2.24) is 0 Å². The summed E-state index contributed by atoms with van der Waals surface area (Å²) in [5.74, 6) is -0.723. The Morgan fingerprint density at radius 2 is 1.27 bits per heavy atom. The quantitative estimate of drug-likeness (QED) is 0.746. The molecule has 2 aromatic rings. The standard InChI is InChI=1S/C20H25N3O3/c1-4-23(5-2)17-11-7-15(8-12-17)21-19(24)20(25)22-16-9-13-18(14-10-16)26-6-3/h7-14H,4-6H2,1-3H3,(H,21,24)(H,22,25). The van der Waals surface area contributed by atoms with E-state index in [0.717, 1.165) is 18.8 Å². The fourth-order valence-electron chi connectivity index (χ4n) is 2.52. The molecule has 0 unspecified atom stereocenters. The van der Waals surface area contributed by atoms with Crippen LogP contribution in [-0.4, -0.2) is 31.5 Å². The van der Waals surface area contributed by atoms with Crippen molar-refractivity contribution >= 4 is 28.9 Å². The van der Waals surface area contributed by atoms with Crippen molar-refractivity contribution in [3.8, 4) is 5.75 Å². The second kappa shape index (κ2) is 9.46. The van der Waals surface area contributed by atoms with E-state index in [9.17, 15) is 9.59 Å². The maximum Gasteiger partial charge on any atom is 0.314 e. The molecule has 2 N–H and O–H groups in total. The summed E-state index contributed by atoms with van der Waals surface area (Å²) in [7, 11) is 0. The summed E-state index contributed by atoms with van der Waals surface area (Å²) in [4.78, 5) is 26.3. The molecule has 2 rings (SSSR count). The summed E-state index contributed by atoms with van der Waals surface area (Å²) in [6.45, 7) is 8.46. The van der Waals surface area contributed by atoms with E-state index in [1.165, 1.54) is 0 Å². The fraction of sp³-hybridized carbons (Fsp3) is 0.300. The maximum atomic E-state index is 12.1. The molecule has 0 saturated heterocycles. The summed E-state index contributed by atoms with van der Waals surface area (Å²) in [6, 6.07) is 14.3. The third kappa shape index (κ3) is 5.24. The third-order valence-electron chi connectivity index (χ3n) is 3.88. The molecule has 0 aliphatic rings. The van der Waals surface area contributed by atoms with Crippen LogP contribution in [0.2, 0.25) is 0 Å². The minimum absolute atomic E-state index is 0.533. The van der Waals surface area contributed by atoms with Crippen LogP contribution in [0.15, 0.2) is 48.5 Å². The van der Waals surface area contributed by atoms with Crippen LogP contribution in [0.5, 0.6) is 5.75 Å². The molecule has 0 fully saturated rings. The van der Waals surface area contributed by atoms with E-state index in [2.05, 4.69) is 29.4 Å². The summed E-state index contributed by atoms with van der Waals surface area (Å²) < 4.78 is 5.34. The Bertz CT molecular complexity index is 723. The van der Waals surface area contributed by atoms with Gasteiger partial charge >= 0.3 is 11.8 Å². The van der Waals surface area contributed by atoms with Gasteiger partial charge in [-0.05, 0) is 69.3 Å². The van der Waals surface area contributed by atoms with Gasteiger partial charge in [0.15, 0.2) is 0 Å². The van der Waals surface area contributed by atoms with Crippen LogP contribution < -0.4 is 20.3 Å². The van der Waals surface area contributed by atoms with Gasteiger partial charge in [-0.15, -0.1) is 0 Å². The predicted molar refractivity (Wildman–Crippen MR) is 105 cm³/mol. The monoisotopic (exact) mass is 355 g/mol. The minimum Gasteiger partial charge on any atom is -0.494 e. The Kier molecular flexibility index (Phi) is 7.02. The van der Waals surface area contributed by atoms with Crippen LogP contribution in [0.1, 0.15) is 20.8 Å². The number of nitrogens with one attached hydrogen (secondary N) is 2. The van der Waals surface area contributed by atoms with E-state index in [4.69, 9.17) is 4.74 Å². The molecule has 0 spiro atoms. The number of hydrogen-bond acceptors (Lipinski definition) is 4. The zero-order valence-electron chi connectivity index (χ0n) is 15.4. The number of rotatable bonds is 7. The summed E-state index contributed by atoms with van der Waals surface area (Å²) >= 11 is 0. The van der Waals surface area contributed by atoms with Gasteiger partial charge in [0.05, 0.1) is 6.61 Å². The first kappa shape index (κ1) is 19.3. The zero-order valence-corrected chi connectivity index (χ0v) is 15.4. The Morgan fingerprint density at radius 3 is 1.69 bits per heavy atom. The highest BCUT2D eigenvalue weighted by atomic mass is 16.5. The highest BCUT2D eigenvalue weighted by molar-refractivity contribution is 6.43. The summed E-state index contributed by atoms with van der Waals surface area (Å²) in [5.41, 5.74) is 2.19. The normalized spacial score (nSPS) is 10.1. The SMILES string of the molecule is CCOc1ccc(NC(=O)C(=O)Nc2ccc(N(CC)CC)cc2)cc1. The highest BCUT2D eigenvalue weighted by Gasteiger charge is 2.14. The number of nitrogens with zero attached hydrogens (tertiary/aromatic N) is 1. The number of carbonyl (C=O) groups is 2. The van der Waals surface area contributed by atoms with E-state index in [1.807, 2.05) is 19.1 Å². The Morgan fingerprint density at radius 1 is 0.808 bits per heavy atom. The van der Waals surface area contributed by atoms with E-state index >= 15 is 0 Å². The fourth-order valence-corrected chi connectivity index (χ4v) is 2.52. The van der Waals surface area contributed by atoms with Gasteiger partial charge in [-0.1, -0.05) is 0 Å². The second-order valence-electron chi connectivity index (χ2n) is 5.58. The average molecular weight is 355 g/mol. The first-order valence-corrected chi connectivity index (χ1v) is 8.77. The lowest BCUT2D eigenvalue weighted by molar-refractivity contribution is -0.132. The zero-order chi connectivity index (χ0) is 18.9. The molecule has 6 nitrogen and oxygen atoms in total. The molecule has 0 bridgehead atoms. The Hall–Kier alpha value is -3.02. The number of ether oxygens (including phenoxy) is 1. The van der Waals surface area contributed by atoms with Crippen molar-refractivity contribution in [3.63, 3.8) is 0 Å². The lowest BCUT2D eigenvalue weighted by Gasteiger charge is -2.21. The molecular weight excluding hydrogens is 330 g/mol. The summed E-state index contributed by atoms with van der Waals surface area (Å²) in [5, 5.41) is 5.17. The first-order valence-electron chi connectivity index (χ1n) is 8.77. The largest absolute Gasteiger partial charge is 0.494 e. The van der Waals surface area contributed by atoms with Gasteiger partial charge in [0, 0.05) is 30.2 Å². The van der Waals surface area contributed by atoms with Crippen molar-refractivity contribution < 1.29 is 14.3 Å². The topological polar surface area (TPSA) is 70.7 Å². The van der Waals surface area contributed by atoms with Crippen LogP contribution >= 0.6 is 0 Å². The predicted octanol–water partition coefficient (Wildman–Crippen LogP) is 3.51. The van der Waals surface area contributed by atoms with Crippen LogP contribution in [0.4, 0.5) is 17.1 Å². The maximum absolute atomic E-state index is 12.1. The number of anilines is 3. The first-order chi connectivity index (χ1) is 12.6. The molecule has 0 aromatic heterocycles. The van der Waals surface area contributed by atoms with Crippen molar-refractivity contribution in [2.45, 2.75) is 20.8 Å². The number of benzene rings is 2. The molecule has 26 heavy (non-hydrogen) atoms. The molecule has 0 atom stereocenters. The van der Waals surface area contributed by atoms with Crippen molar-refractivity contribution in [2.75, 3.05) is 35.2 Å². The molecule has 2 amide bonds. The Labute approximate surface area is 154 Å². The van der Waals surface area contributed by atoms with E-state index in [1.54, 1.807) is 36.4 Å². The molecule has 0 aliphatic carbocycles. The van der Waals surface area contributed by atoms with Gasteiger partial charge in [0.1, 0.15) is 5.75 Å². The lowest BCUT2D eigenvalue weighted by Crippen LogP contribution is -2.29. The van der Waals surface area contributed by atoms with Crippen molar-refractivity contribution in [1.29, 1.82) is 0 Å². The van der Waals surface area contributed by atoms with Gasteiger partial charge in [-0.3, -0.25) is 9.59 Å². The van der Waals surface area contributed by atoms with Crippen molar-refractivity contribution in [3.05, 3.63) is 48.5 Å². The van der Waals surface area contributed by atoms with Crippen LogP contribution in [-0.2, 0) is 9.59 Å². The lowest BCUT2D eigenvalue weighted by atomic mass is 10.2. The van der Waals surface area contributed by atoms with Crippen molar-refractivity contribution in [2.24, 2.45) is 0 Å².